The van der Waals surface area contributed by atoms with Gasteiger partial charge in [0.15, 0.2) is 0 Å². The van der Waals surface area contributed by atoms with E-state index in [1.807, 2.05) is 18.2 Å². The topological polar surface area (TPSA) is 103 Å². The second-order valence-electron chi connectivity index (χ2n) is 6.14. The van der Waals surface area contributed by atoms with Crippen molar-refractivity contribution >= 4 is 38.2 Å². The summed E-state index contributed by atoms with van der Waals surface area (Å²) in [7, 11) is -3.63. The molecule has 0 bridgehead atoms. The largest absolute Gasteiger partial charge is 0.325 e. The average molecular weight is 394 g/mol. The minimum absolute atomic E-state index is 0.0466. The van der Waals surface area contributed by atoms with Crippen molar-refractivity contribution in [1.29, 1.82) is 5.26 Å². The van der Waals surface area contributed by atoms with Crippen molar-refractivity contribution in [2.45, 2.75) is 6.42 Å². The van der Waals surface area contributed by atoms with E-state index in [1.54, 1.807) is 48.7 Å². The molecule has 0 aliphatic rings. The molecule has 0 saturated heterocycles. The van der Waals surface area contributed by atoms with Crippen molar-refractivity contribution in [1.82, 2.24) is 4.98 Å². The third-order valence-corrected chi connectivity index (χ3v) is 5.32. The molecule has 0 saturated carbocycles. The second kappa shape index (κ2) is 8.06. The molecule has 3 aromatic rings. The van der Waals surface area contributed by atoms with Crippen LogP contribution in [-0.2, 0) is 14.8 Å². The minimum Gasteiger partial charge on any atom is -0.325 e. The fourth-order valence-corrected chi connectivity index (χ4v) is 3.79. The first-order chi connectivity index (χ1) is 13.4. The number of hydrogen-bond acceptors (Lipinski definition) is 5. The van der Waals surface area contributed by atoms with E-state index in [-0.39, 0.29) is 18.9 Å². The van der Waals surface area contributed by atoms with E-state index in [1.165, 1.54) is 4.31 Å². The number of pyridine rings is 1. The Morgan fingerprint density at radius 3 is 2.64 bits per heavy atom. The molecule has 7 nitrogen and oxygen atoms in total. The Morgan fingerprint density at radius 1 is 1.14 bits per heavy atom. The number of fused-ring (bicyclic) bond motifs is 1. The van der Waals surface area contributed by atoms with Crippen LogP contribution in [0.15, 0.2) is 60.8 Å². The fourth-order valence-electron chi connectivity index (χ4n) is 2.86. The van der Waals surface area contributed by atoms with Crippen molar-refractivity contribution in [2.75, 3.05) is 22.4 Å². The van der Waals surface area contributed by atoms with Crippen LogP contribution in [0.2, 0.25) is 0 Å². The molecular formula is C20H18N4O3S. The van der Waals surface area contributed by atoms with Crippen LogP contribution in [0.25, 0.3) is 10.9 Å². The molecular weight excluding hydrogens is 376 g/mol. The van der Waals surface area contributed by atoms with Crippen LogP contribution in [0.4, 0.5) is 11.4 Å². The molecule has 0 aliphatic carbocycles. The molecule has 28 heavy (non-hydrogen) atoms. The van der Waals surface area contributed by atoms with Crippen LogP contribution in [0.5, 0.6) is 0 Å². The average Bonchev–Trinajstić information content (AvgIpc) is 2.67. The first-order valence-corrected chi connectivity index (χ1v) is 10.4. The van der Waals surface area contributed by atoms with Crippen LogP contribution < -0.4 is 9.62 Å². The van der Waals surface area contributed by atoms with Crippen molar-refractivity contribution in [2.24, 2.45) is 0 Å². The number of anilines is 2. The number of carbonyl (C=O) groups excluding carboxylic acids is 1. The van der Waals surface area contributed by atoms with Gasteiger partial charge in [0.25, 0.3) is 0 Å². The Hall–Kier alpha value is -3.44. The number of sulfonamides is 1. The van der Waals surface area contributed by atoms with Gasteiger partial charge in [0.2, 0.25) is 15.9 Å². The number of nitriles is 1. The number of hydrogen-bond donors (Lipinski definition) is 1. The van der Waals surface area contributed by atoms with Crippen LogP contribution in [0.3, 0.4) is 0 Å². The Labute approximate surface area is 163 Å². The van der Waals surface area contributed by atoms with Gasteiger partial charge in [-0.05, 0) is 24.3 Å². The molecule has 2 aromatic carbocycles. The smallest absolute Gasteiger partial charge is 0.232 e. The predicted molar refractivity (Wildman–Crippen MR) is 108 cm³/mol. The molecule has 8 heteroatoms. The van der Waals surface area contributed by atoms with Crippen molar-refractivity contribution in [3.8, 4) is 6.07 Å². The highest BCUT2D eigenvalue weighted by Crippen LogP contribution is 2.27. The van der Waals surface area contributed by atoms with Gasteiger partial charge in [-0.3, -0.25) is 14.1 Å². The molecule has 1 amide bonds. The Bertz CT molecular complexity index is 1160. The zero-order valence-corrected chi connectivity index (χ0v) is 16.0. The number of carbonyl (C=O) groups is 1. The summed E-state index contributed by atoms with van der Waals surface area (Å²) in [6.45, 7) is -0.0466. The molecule has 1 aromatic heterocycles. The summed E-state index contributed by atoms with van der Waals surface area (Å²) < 4.78 is 25.9. The summed E-state index contributed by atoms with van der Waals surface area (Å²) in [5, 5.41) is 12.6. The number of para-hydroxylation sites is 2. The van der Waals surface area contributed by atoms with E-state index >= 15 is 0 Å². The second-order valence-corrected chi connectivity index (χ2v) is 8.05. The van der Waals surface area contributed by atoms with Crippen LogP contribution in [0, 0.1) is 11.3 Å². The van der Waals surface area contributed by atoms with E-state index in [4.69, 9.17) is 5.26 Å². The summed E-state index contributed by atoms with van der Waals surface area (Å²) in [5.74, 6) is -0.385. The highest BCUT2D eigenvalue weighted by atomic mass is 32.2. The van der Waals surface area contributed by atoms with Gasteiger partial charge in [-0.15, -0.1) is 0 Å². The maximum Gasteiger partial charge on any atom is 0.232 e. The Kier molecular flexibility index (Phi) is 5.57. The van der Waals surface area contributed by atoms with Gasteiger partial charge in [0, 0.05) is 24.5 Å². The standard InChI is InChI=1S/C20H18N4O3S/c1-28(26,27)24(18-10-4-7-15-8-5-12-22-20(15)18)13-11-19(25)23-17-9-3-2-6-16(17)14-21/h2-10,12H,11,13H2,1H3,(H,23,25). The lowest BCUT2D eigenvalue weighted by molar-refractivity contribution is -0.116. The van der Waals surface area contributed by atoms with Crippen molar-refractivity contribution in [3.63, 3.8) is 0 Å². The number of nitrogens with one attached hydrogen (secondary N) is 1. The molecule has 0 aliphatic heterocycles. The van der Waals surface area contributed by atoms with Gasteiger partial charge in [-0.1, -0.05) is 30.3 Å². The minimum atomic E-state index is -3.63. The Balaban J connectivity index is 1.83. The number of amides is 1. The van der Waals surface area contributed by atoms with Gasteiger partial charge >= 0.3 is 0 Å². The van der Waals surface area contributed by atoms with E-state index in [2.05, 4.69) is 10.3 Å². The lowest BCUT2D eigenvalue weighted by atomic mass is 10.2. The quantitative estimate of drug-likeness (QED) is 0.692. The highest BCUT2D eigenvalue weighted by Gasteiger charge is 2.21. The van der Waals surface area contributed by atoms with E-state index < -0.39 is 10.0 Å². The summed E-state index contributed by atoms with van der Waals surface area (Å²) in [5.41, 5.74) is 1.71. The maximum absolute atomic E-state index is 12.4. The van der Waals surface area contributed by atoms with Gasteiger partial charge in [0.05, 0.1) is 28.7 Å². The maximum atomic E-state index is 12.4. The number of nitrogens with zero attached hydrogens (tertiary/aromatic N) is 3. The van der Waals surface area contributed by atoms with Crippen LogP contribution >= 0.6 is 0 Å². The molecule has 0 atom stereocenters. The third-order valence-electron chi connectivity index (χ3n) is 4.14. The van der Waals surface area contributed by atoms with Crippen LogP contribution in [-0.4, -0.2) is 32.1 Å². The highest BCUT2D eigenvalue weighted by molar-refractivity contribution is 7.92. The summed E-state index contributed by atoms with van der Waals surface area (Å²) in [4.78, 5) is 16.6. The van der Waals surface area contributed by atoms with Gasteiger partial charge in [-0.25, -0.2) is 8.42 Å². The van der Waals surface area contributed by atoms with E-state index in [0.717, 1.165) is 11.6 Å². The molecule has 1 heterocycles. The van der Waals surface area contributed by atoms with Crippen LogP contribution in [0.1, 0.15) is 12.0 Å². The number of aromatic nitrogens is 1. The Morgan fingerprint density at radius 2 is 1.89 bits per heavy atom. The zero-order valence-electron chi connectivity index (χ0n) is 15.2. The van der Waals surface area contributed by atoms with Gasteiger partial charge < -0.3 is 5.32 Å². The van der Waals surface area contributed by atoms with E-state index in [0.29, 0.717) is 22.5 Å². The normalized spacial score (nSPS) is 11.0. The van der Waals surface area contributed by atoms with Crippen molar-refractivity contribution < 1.29 is 13.2 Å². The molecule has 3 rings (SSSR count). The lowest BCUT2D eigenvalue weighted by Gasteiger charge is -2.23. The molecule has 0 unspecified atom stereocenters. The number of benzene rings is 2. The van der Waals surface area contributed by atoms with Gasteiger partial charge in [0.1, 0.15) is 6.07 Å². The third kappa shape index (κ3) is 4.27. The fraction of sp³-hybridized carbons (Fsp3) is 0.150. The van der Waals surface area contributed by atoms with Gasteiger partial charge in [-0.2, -0.15) is 5.26 Å². The monoisotopic (exact) mass is 394 g/mol. The lowest BCUT2D eigenvalue weighted by Crippen LogP contribution is -2.33. The summed E-state index contributed by atoms with van der Waals surface area (Å²) in [6.07, 6.45) is 2.62. The predicted octanol–water partition coefficient (Wildman–Crippen LogP) is 2.90. The zero-order chi connectivity index (χ0) is 20.1. The van der Waals surface area contributed by atoms with E-state index in [9.17, 15) is 13.2 Å². The molecule has 0 spiro atoms. The SMILES string of the molecule is CS(=O)(=O)N(CCC(=O)Nc1ccccc1C#N)c1cccc2cccnc12. The summed E-state index contributed by atoms with van der Waals surface area (Å²) in [6, 6.07) is 17.5. The first-order valence-electron chi connectivity index (χ1n) is 8.50. The molecule has 0 radical (unpaired) electrons. The molecule has 0 fully saturated rings. The number of rotatable bonds is 6. The molecule has 142 valence electrons. The first kappa shape index (κ1) is 19.3. The van der Waals surface area contributed by atoms with Crippen molar-refractivity contribution in [3.05, 3.63) is 66.4 Å². The molecule has 1 N–H and O–H groups in total. The summed E-state index contributed by atoms with van der Waals surface area (Å²) >= 11 is 0.